The predicted molar refractivity (Wildman–Crippen MR) is 57.3 cm³/mol. The van der Waals surface area contributed by atoms with Gasteiger partial charge in [0.15, 0.2) is 0 Å². The summed E-state index contributed by atoms with van der Waals surface area (Å²) in [6.45, 7) is 6.74. The molecule has 0 spiro atoms. The van der Waals surface area contributed by atoms with Gasteiger partial charge in [-0.25, -0.2) is 0 Å². The van der Waals surface area contributed by atoms with Crippen LogP contribution in [0.3, 0.4) is 0 Å². The summed E-state index contributed by atoms with van der Waals surface area (Å²) in [4.78, 5) is 0. The third-order valence-corrected chi connectivity index (χ3v) is 1.69. The summed E-state index contributed by atoms with van der Waals surface area (Å²) in [7, 11) is 0. The Morgan fingerprint density at radius 3 is 2.64 bits per heavy atom. The molecule has 0 aromatic heterocycles. The van der Waals surface area contributed by atoms with Gasteiger partial charge < -0.3 is 26.2 Å². The Hall–Kier alpha value is -0.200. The number of ether oxygens (including phenoxy) is 1. The van der Waals surface area contributed by atoms with Gasteiger partial charge >= 0.3 is 0 Å². The third-order valence-electron chi connectivity index (χ3n) is 1.69. The highest BCUT2D eigenvalue weighted by molar-refractivity contribution is 4.59. The van der Waals surface area contributed by atoms with Crippen LogP contribution in [0.25, 0.3) is 0 Å². The third kappa shape index (κ3) is 9.88. The average Bonchev–Trinajstić information content (AvgIpc) is 2.20. The van der Waals surface area contributed by atoms with Crippen molar-refractivity contribution in [3.8, 4) is 0 Å². The summed E-state index contributed by atoms with van der Waals surface area (Å²) in [6.07, 6.45) is -0.413. The molecule has 86 valence electrons. The van der Waals surface area contributed by atoms with Gasteiger partial charge in [0.2, 0.25) is 0 Å². The number of aliphatic hydroxyl groups excluding tert-OH is 1. The minimum absolute atomic E-state index is 0.403. The van der Waals surface area contributed by atoms with E-state index in [1.807, 2.05) is 6.92 Å². The summed E-state index contributed by atoms with van der Waals surface area (Å²) in [5.74, 6) is 0. The summed E-state index contributed by atoms with van der Waals surface area (Å²) in [5.41, 5.74) is 5.31. The summed E-state index contributed by atoms with van der Waals surface area (Å²) < 4.78 is 5.07. The monoisotopic (exact) mass is 205 g/mol. The number of nitrogens with one attached hydrogen (secondary N) is 2. The molecule has 5 nitrogen and oxygen atoms in total. The standard InChI is InChI=1S/C9H23N3O2/c1-2-14-8-9(13)7-12-6-5-11-4-3-10/h9,11-13H,2-8,10H2,1H3. The highest BCUT2D eigenvalue weighted by Gasteiger charge is 2.01. The summed E-state index contributed by atoms with van der Waals surface area (Å²) in [5, 5.41) is 15.6. The lowest BCUT2D eigenvalue weighted by atomic mass is 10.4. The van der Waals surface area contributed by atoms with E-state index < -0.39 is 6.10 Å². The summed E-state index contributed by atoms with van der Waals surface area (Å²) >= 11 is 0. The van der Waals surface area contributed by atoms with E-state index in [-0.39, 0.29) is 0 Å². The molecule has 5 N–H and O–H groups in total. The molecular weight excluding hydrogens is 182 g/mol. The molecule has 0 aliphatic heterocycles. The van der Waals surface area contributed by atoms with Crippen LogP contribution in [0.4, 0.5) is 0 Å². The van der Waals surface area contributed by atoms with Crippen LogP contribution in [-0.2, 0) is 4.74 Å². The van der Waals surface area contributed by atoms with Crippen LogP contribution in [0, 0.1) is 0 Å². The number of hydrogen-bond donors (Lipinski definition) is 4. The second-order valence-electron chi connectivity index (χ2n) is 3.06. The molecule has 0 saturated carbocycles. The predicted octanol–water partition coefficient (Wildman–Crippen LogP) is -1.48. The van der Waals surface area contributed by atoms with Crippen LogP contribution in [0.1, 0.15) is 6.92 Å². The molecule has 0 aliphatic rings. The first-order chi connectivity index (χ1) is 6.81. The Kier molecular flexibility index (Phi) is 10.7. The molecule has 5 heteroatoms. The van der Waals surface area contributed by atoms with Gasteiger partial charge in [0.1, 0.15) is 0 Å². The molecule has 14 heavy (non-hydrogen) atoms. The van der Waals surface area contributed by atoms with Crippen LogP contribution in [0.5, 0.6) is 0 Å². The van der Waals surface area contributed by atoms with Crippen LogP contribution in [0.2, 0.25) is 0 Å². The van der Waals surface area contributed by atoms with Gasteiger partial charge in [-0.1, -0.05) is 0 Å². The molecule has 0 radical (unpaired) electrons. The molecule has 1 unspecified atom stereocenters. The number of rotatable bonds is 10. The molecular formula is C9H23N3O2. The Bertz CT molecular complexity index is 114. The van der Waals surface area contributed by atoms with E-state index in [4.69, 9.17) is 10.5 Å². The smallest absolute Gasteiger partial charge is 0.0897 e. The average molecular weight is 205 g/mol. The van der Waals surface area contributed by atoms with Crippen LogP contribution in [0.15, 0.2) is 0 Å². The quantitative estimate of drug-likeness (QED) is 0.327. The van der Waals surface area contributed by atoms with Crippen LogP contribution >= 0.6 is 0 Å². The second-order valence-corrected chi connectivity index (χ2v) is 3.06. The molecule has 0 amide bonds. The van der Waals surface area contributed by atoms with E-state index >= 15 is 0 Å². The molecule has 0 aromatic rings. The highest BCUT2D eigenvalue weighted by Crippen LogP contribution is 1.82. The van der Waals surface area contributed by atoms with Crippen molar-refractivity contribution >= 4 is 0 Å². The van der Waals surface area contributed by atoms with Crippen molar-refractivity contribution in [2.24, 2.45) is 5.73 Å². The van der Waals surface area contributed by atoms with E-state index in [1.54, 1.807) is 0 Å². The molecule has 0 heterocycles. The molecule has 0 bridgehead atoms. The zero-order valence-corrected chi connectivity index (χ0v) is 8.96. The Labute approximate surface area is 86.0 Å². The van der Waals surface area contributed by atoms with Crippen molar-refractivity contribution in [3.05, 3.63) is 0 Å². The molecule has 0 aromatic carbocycles. The zero-order valence-electron chi connectivity index (χ0n) is 8.96. The second kappa shape index (κ2) is 10.9. The maximum atomic E-state index is 9.36. The van der Waals surface area contributed by atoms with Crippen molar-refractivity contribution in [2.45, 2.75) is 13.0 Å². The van der Waals surface area contributed by atoms with Gasteiger partial charge in [-0.2, -0.15) is 0 Å². The maximum Gasteiger partial charge on any atom is 0.0897 e. The Morgan fingerprint density at radius 2 is 2.00 bits per heavy atom. The van der Waals surface area contributed by atoms with E-state index in [9.17, 15) is 5.11 Å². The first kappa shape index (κ1) is 13.8. The lowest BCUT2D eigenvalue weighted by Crippen LogP contribution is -2.36. The van der Waals surface area contributed by atoms with Gasteiger partial charge in [0.05, 0.1) is 12.7 Å². The minimum Gasteiger partial charge on any atom is -0.389 e. The fraction of sp³-hybridized carbons (Fsp3) is 1.00. The molecule has 0 saturated heterocycles. The van der Waals surface area contributed by atoms with Crippen molar-refractivity contribution in [3.63, 3.8) is 0 Å². The van der Waals surface area contributed by atoms with Crippen LogP contribution < -0.4 is 16.4 Å². The topological polar surface area (TPSA) is 79.5 Å². The van der Waals surface area contributed by atoms with E-state index in [2.05, 4.69) is 10.6 Å². The molecule has 1 atom stereocenters. The minimum atomic E-state index is -0.413. The highest BCUT2D eigenvalue weighted by atomic mass is 16.5. The number of hydrogen-bond acceptors (Lipinski definition) is 5. The van der Waals surface area contributed by atoms with E-state index in [1.165, 1.54) is 0 Å². The number of aliphatic hydroxyl groups is 1. The fourth-order valence-corrected chi connectivity index (χ4v) is 0.985. The molecule has 0 fully saturated rings. The van der Waals surface area contributed by atoms with Crippen molar-refractivity contribution in [1.82, 2.24) is 10.6 Å². The first-order valence-electron chi connectivity index (χ1n) is 5.18. The van der Waals surface area contributed by atoms with E-state index in [0.717, 1.165) is 19.6 Å². The van der Waals surface area contributed by atoms with Gasteiger partial charge in [0.25, 0.3) is 0 Å². The zero-order chi connectivity index (χ0) is 10.6. The molecule has 0 rings (SSSR count). The summed E-state index contributed by atoms with van der Waals surface area (Å²) in [6, 6.07) is 0. The van der Waals surface area contributed by atoms with Crippen molar-refractivity contribution in [2.75, 3.05) is 45.9 Å². The SMILES string of the molecule is CCOCC(O)CNCCNCCN. The van der Waals surface area contributed by atoms with Gasteiger partial charge in [0, 0.05) is 39.3 Å². The van der Waals surface area contributed by atoms with Gasteiger partial charge in [-0.3, -0.25) is 0 Å². The normalized spacial score (nSPS) is 13.1. The van der Waals surface area contributed by atoms with Crippen molar-refractivity contribution in [1.29, 1.82) is 0 Å². The lowest BCUT2D eigenvalue weighted by molar-refractivity contribution is 0.0430. The maximum absolute atomic E-state index is 9.36. The van der Waals surface area contributed by atoms with Crippen LogP contribution in [-0.4, -0.2) is 57.1 Å². The molecule has 0 aliphatic carbocycles. The largest absolute Gasteiger partial charge is 0.389 e. The van der Waals surface area contributed by atoms with Gasteiger partial charge in [-0.05, 0) is 6.92 Å². The van der Waals surface area contributed by atoms with Gasteiger partial charge in [-0.15, -0.1) is 0 Å². The number of nitrogens with two attached hydrogens (primary N) is 1. The first-order valence-corrected chi connectivity index (χ1v) is 5.18. The van der Waals surface area contributed by atoms with E-state index in [0.29, 0.717) is 26.3 Å². The Balaban J connectivity index is 3.02. The Morgan fingerprint density at radius 1 is 1.29 bits per heavy atom. The fourth-order valence-electron chi connectivity index (χ4n) is 0.985. The van der Waals surface area contributed by atoms with Crippen molar-refractivity contribution < 1.29 is 9.84 Å². The lowest BCUT2D eigenvalue weighted by Gasteiger charge is -2.11.